The first kappa shape index (κ1) is 32.3. The van der Waals surface area contributed by atoms with Crippen LogP contribution in [-0.2, 0) is 12.8 Å². The van der Waals surface area contributed by atoms with Gasteiger partial charge in [0.1, 0.15) is 45.6 Å². The van der Waals surface area contributed by atoms with Crippen LogP contribution >= 0.6 is 0 Å². The number of ether oxygens (including phenoxy) is 1. The van der Waals surface area contributed by atoms with Gasteiger partial charge in [0.15, 0.2) is 11.6 Å². The SMILES string of the molecule is COc1c(CC=C(C)C)c(O)c([C@H](CC(C)C)c2c(O)c(CC=C(C)C)c(O)c(C(C)=O)c2O)c(O)c1C(C)=O. The maximum absolute atomic E-state index is 12.8. The minimum Gasteiger partial charge on any atom is -0.507 e. The smallest absolute Gasteiger partial charge is 0.167 e. The molecule has 2 aromatic rings. The summed E-state index contributed by atoms with van der Waals surface area (Å²) >= 11 is 0. The van der Waals surface area contributed by atoms with Gasteiger partial charge in [-0.05, 0) is 66.7 Å². The second kappa shape index (κ2) is 12.9. The lowest BCUT2D eigenvalue weighted by molar-refractivity contribution is 0.0998. The molecule has 0 unspecified atom stereocenters. The predicted molar refractivity (Wildman–Crippen MR) is 155 cm³/mol. The fourth-order valence-corrected chi connectivity index (χ4v) is 4.95. The second-order valence-corrected chi connectivity index (χ2v) is 11.1. The summed E-state index contributed by atoms with van der Waals surface area (Å²) in [4.78, 5) is 25.4. The molecule has 0 aromatic heterocycles. The summed E-state index contributed by atoms with van der Waals surface area (Å²) in [5, 5.41) is 56.9. The van der Waals surface area contributed by atoms with E-state index in [-0.39, 0.29) is 70.1 Å². The second-order valence-electron chi connectivity index (χ2n) is 11.1. The average Bonchev–Trinajstić information content (AvgIpc) is 2.81. The minimum absolute atomic E-state index is 0.0250. The summed E-state index contributed by atoms with van der Waals surface area (Å²) in [6.45, 7) is 13.6. The fourth-order valence-electron chi connectivity index (χ4n) is 4.95. The molecule has 0 fully saturated rings. The lowest BCUT2D eigenvalue weighted by Crippen LogP contribution is -2.13. The molecule has 0 aliphatic rings. The third-order valence-corrected chi connectivity index (χ3v) is 6.83. The number of methoxy groups -OCH3 is 1. The van der Waals surface area contributed by atoms with E-state index in [0.717, 1.165) is 11.1 Å². The number of Topliss-reactive ketones (excluding diaryl/α,β-unsaturated/α-hetero) is 2. The van der Waals surface area contributed by atoms with Crippen LogP contribution < -0.4 is 4.74 Å². The molecule has 0 aliphatic heterocycles. The van der Waals surface area contributed by atoms with E-state index < -0.39 is 40.5 Å². The highest BCUT2D eigenvalue weighted by Crippen LogP contribution is 2.55. The molecular weight excluding hydrogens is 512 g/mol. The van der Waals surface area contributed by atoms with E-state index in [4.69, 9.17) is 4.74 Å². The largest absolute Gasteiger partial charge is 0.507 e. The third kappa shape index (κ3) is 6.43. The Bertz CT molecular complexity index is 1370. The summed E-state index contributed by atoms with van der Waals surface area (Å²) in [7, 11) is 1.34. The molecule has 0 bridgehead atoms. The van der Waals surface area contributed by atoms with Gasteiger partial charge in [-0.15, -0.1) is 0 Å². The average molecular weight is 555 g/mol. The van der Waals surface area contributed by atoms with Crippen molar-refractivity contribution in [2.24, 2.45) is 5.92 Å². The molecule has 0 spiro atoms. The quantitative estimate of drug-likeness (QED) is 0.150. The summed E-state index contributed by atoms with van der Waals surface area (Å²) in [6.07, 6.45) is 4.02. The van der Waals surface area contributed by atoms with Gasteiger partial charge in [0.2, 0.25) is 0 Å². The Morgan fingerprint density at radius 2 is 1.10 bits per heavy atom. The van der Waals surface area contributed by atoms with Crippen molar-refractivity contribution in [3.8, 4) is 34.5 Å². The van der Waals surface area contributed by atoms with E-state index in [9.17, 15) is 35.1 Å². The van der Waals surface area contributed by atoms with Gasteiger partial charge in [-0.3, -0.25) is 9.59 Å². The number of carbonyl (C=O) groups is 2. The Balaban J connectivity index is 3.19. The number of phenolic OH excluding ortho intramolecular Hbond substituents is 5. The lowest BCUT2D eigenvalue weighted by Gasteiger charge is -2.28. The molecule has 8 heteroatoms. The van der Waals surface area contributed by atoms with Crippen LogP contribution in [0.1, 0.15) is 111 Å². The summed E-state index contributed by atoms with van der Waals surface area (Å²) in [5.74, 6) is -4.84. The number of hydrogen-bond donors (Lipinski definition) is 5. The lowest BCUT2D eigenvalue weighted by atomic mass is 9.78. The molecule has 40 heavy (non-hydrogen) atoms. The Hall–Kier alpha value is -3.94. The van der Waals surface area contributed by atoms with Crippen LogP contribution in [0.25, 0.3) is 0 Å². The van der Waals surface area contributed by atoms with Crippen molar-refractivity contribution < 1.29 is 39.9 Å². The monoisotopic (exact) mass is 554 g/mol. The molecule has 0 aliphatic carbocycles. The molecule has 2 aromatic carbocycles. The Morgan fingerprint density at radius 1 is 0.675 bits per heavy atom. The van der Waals surface area contributed by atoms with Gasteiger partial charge in [0.05, 0.1) is 7.11 Å². The number of hydrogen-bond acceptors (Lipinski definition) is 8. The summed E-state index contributed by atoms with van der Waals surface area (Å²) in [5.41, 5.74) is 1.39. The highest BCUT2D eigenvalue weighted by molar-refractivity contribution is 6.02. The molecule has 0 saturated heterocycles. The van der Waals surface area contributed by atoms with Gasteiger partial charge in [-0.25, -0.2) is 0 Å². The number of aromatic hydroxyl groups is 5. The highest BCUT2D eigenvalue weighted by Gasteiger charge is 2.37. The van der Waals surface area contributed by atoms with Crippen LogP contribution in [0.4, 0.5) is 0 Å². The van der Waals surface area contributed by atoms with Crippen molar-refractivity contribution in [1.82, 2.24) is 0 Å². The van der Waals surface area contributed by atoms with Crippen molar-refractivity contribution in [3.05, 3.63) is 56.7 Å². The number of phenols is 5. The summed E-state index contributed by atoms with van der Waals surface area (Å²) in [6, 6.07) is 0. The van der Waals surface area contributed by atoms with Gasteiger partial charge < -0.3 is 30.3 Å². The van der Waals surface area contributed by atoms with Crippen molar-refractivity contribution >= 4 is 11.6 Å². The molecule has 218 valence electrons. The maximum atomic E-state index is 12.8. The van der Waals surface area contributed by atoms with E-state index in [0.29, 0.717) is 0 Å². The highest BCUT2D eigenvalue weighted by atomic mass is 16.5. The third-order valence-electron chi connectivity index (χ3n) is 6.83. The maximum Gasteiger partial charge on any atom is 0.167 e. The molecular formula is C32H42O8. The van der Waals surface area contributed by atoms with E-state index in [1.165, 1.54) is 21.0 Å². The zero-order valence-corrected chi connectivity index (χ0v) is 24.9. The van der Waals surface area contributed by atoms with Crippen molar-refractivity contribution in [2.75, 3.05) is 7.11 Å². The Kier molecular flexibility index (Phi) is 10.4. The van der Waals surface area contributed by atoms with Crippen LogP contribution in [0.5, 0.6) is 34.5 Å². The first-order chi connectivity index (χ1) is 18.6. The van der Waals surface area contributed by atoms with Crippen LogP contribution in [0.15, 0.2) is 23.3 Å². The van der Waals surface area contributed by atoms with Gasteiger partial charge >= 0.3 is 0 Å². The molecule has 0 radical (unpaired) electrons. The van der Waals surface area contributed by atoms with Gasteiger partial charge in [0.25, 0.3) is 0 Å². The van der Waals surface area contributed by atoms with E-state index >= 15 is 0 Å². The molecule has 1 atom stereocenters. The molecule has 0 saturated carbocycles. The van der Waals surface area contributed by atoms with Crippen molar-refractivity contribution in [1.29, 1.82) is 0 Å². The number of benzene rings is 2. The number of carbonyl (C=O) groups excluding carboxylic acids is 2. The van der Waals surface area contributed by atoms with Crippen molar-refractivity contribution in [3.63, 3.8) is 0 Å². The Labute approximate surface area is 236 Å². The van der Waals surface area contributed by atoms with Crippen LogP contribution in [0, 0.1) is 5.92 Å². The zero-order chi connectivity index (χ0) is 30.6. The zero-order valence-electron chi connectivity index (χ0n) is 24.9. The van der Waals surface area contributed by atoms with E-state index in [1.807, 2.05) is 47.6 Å². The number of allylic oxidation sites excluding steroid dienone is 4. The van der Waals surface area contributed by atoms with Gasteiger partial charge in [-0.2, -0.15) is 0 Å². The predicted octanol–water partition coefficient (Wildman–Crippen LogP) is 6.82. The number of ketones is 2. The van der Waals surface area contributed by atoms with E-state index in [1.54, 1.807) is 6.08 Å². The first-order valence-electron chi connectivity index (χ1n) is 13.3. The van der Waals surface area contributed by atoms with Gasteiger partial charge in [-0.1, -0.05) is 37.1 Å². The van der Waals surface area contributed by atoms with Gasteiger partial charge in [0, 0.05) is 28.2 Å². The molecule has 0 amide bonds. The molecule has 8 nitrogen and oxygen atoms in total. The number of rotatable bonds is 11. The molecule has 5 N–H and O–H groups in total. The van der Waals surface area contributed by atoms with E-state index in [2.05, 4.69) is 0 Å². The normalized spacial score (nSPS) is 11.8. The van der Waals surface area contributed by atoms with Crippen molar-refractivity contribution in [2.45, 2.75) is 80.6 Å². The summed E-state index contributed by atoms with van der Waals surface area (Å²) < 4.78 is 5.49. The topological polar surface area (TPSA) is 145 Å². The Morgan fingerprint density at radius 3 is 1.50 bits per heavy atom. The van der Waals surface area contributed by atoms with Crippen LogP contribution in [0.3, 0.4) is 0 Å². The minimum atomic E-state index is -1.07. The molecule has 2 rings (SSSR count). The van der Waals surface area contributed by atoms with Crippen LogP contribution in [0.2, 0.25) is 0 Å². The fraction of sp³-hybridized carbons (Fsp3) is 0.438. The van der Waals surface area contributed by atoms with Crippen LogP contribution in [-0.4, -0.2) is 44.2 Å². The first-order valence-corrected chi connectivity index (χ1v) is 13.3. The molecule has 0 heterocycles. The standard InChI is InChI=1S/C32H42O8/c1-15(2)10-12-20-27(35)23(18(7)33)30(38)25(28(20)36)22(14-17(5)6)26-29(37)21(13-11-16(3)4)32(40-9)24(19(8)34)31(26)39/h10-11,17,22,35-39H,12-14H2,1-9H3/t22-/m1/s1.